The van der Waals surface area contributed by atoms with Gasteiger partial charge in [0.05, 0.1) is 5.56 Å². The Kier molecular flexibility index (Phi) is 3.95. The molecule has 0 spiro atoms. The number of aromatic carboxylic acids is 1. The third-order valence-corrected chi connectivity index (χ3v) is 2.07. The summed E-state index contributed by atoms with van der Waals surface area (Å²) in [5.74, 6) is -0.885. The van der Waals surface area contributed by atoms with Gasteiger partial charge in [-0.2, -0.15) is 0 Å². The van der Waals surface area contributed by atoms with E-state index in [1.807, 2.05) is 12.2 Å². The van der Waals surface area contributed by atoms with Crippen molar-refractivity contribution in [1.82, 2.24) is 0 Å². The lowest BCUT2D eigenvalue weighted by Gasteiger charge is -1.94. The van der Waals surface area contributed by atoms with Crippen molar-refractivity contribution in [2.75, 3.05) is 4.43 Å². The second-order valence-corrected chi connectivity index (χ2v) is 3.36. The van der Waals surface area contributed by atoms with E-state index in [0.717, 1.165) is 9.99 Å². The van der Waals surface area contributed by atoms with Gasteiger partial charge in [-0.3, -0.25) is 0 Å². The van der Waals surface area contributed by atoms with Crippen molar-refractivity contribution in [1.29, 1.82) is 0 Å². The summed E-state index contributed by atoms with van der Waals surface area (Å²) in [6.45, 7) is 0. The first-order chi connectivity index (χ1) is 6.24. The van der Waals surface area contributed by atoms with Crippen LogP contribution < -0.4 is 0 Å². The van der Waals surface area contributed by atoms with Crippen molar-refractivity contribution in [2.45, 2.75) is 0 Å². The molecule has 0 saturated heterocycles. The van der Waals surface area contributed by atoms with Gasteiger partial charge in [0.2, 0.25) is 0 Å². The van der Waals surface area contributed by atoms with Gasteiger partial charge in [-0.15, -0.1) is 0 Å². The number of carboxylic acid groups (broad SMARTS) is 1. The van der Waals surface area contributed by atoms with Crippen LogP contribution in [0.25, 0.3) is 6.08 Å². The standard InChI is InChI=1S/C10H9IO2/c11-7-1-2-8-3-5-9(6-4-8)10(12)13/h1-6H,7H2,(H,12,13)/b2-1+. The highest BCUT2D eigenvalue weighted by molar-refractivity contribution is 14.1. The molecular formula is C10H9IO2. The van der Waals surface area contributed by atoms with Crippen LogP contribution in [0.4, 0.5) is 0 Å². The molecule has 0 heterocycles. The minimum absolute atomic E-state index is 0.326. The Morgan fingerprint density at radius 1 is 1.38 bits per heavy atom. The van der Waals surface area contributed by atoms with Gasteiger partial charge in [0, 0.05) is 4.43 Å². The van der Waals surface area contributed by atoms with Crippen LogP contribution in [-0.4, -0.2) is 15.5 Å². The normalized spacial score (nSPS) is 10.5. The number of benzene rings is 1. The Hall–Kier alpha value is -0.840. The van der Waals surface area contributed by atoms with Crippen molar-refractivity contribution in [2.24, 2.45) is 0 Å². The fourth-order valence-electron chi connectivity index (χ4n) is 0.917. The lowest BCUT2D eigenvalue weighted by Crippen LogP contribution is -1.94. The van der Waals surface area contributed by atoms with Gasteiger partial charge in [-0.05, 0) is 17.7 Å². The molecule has 1 N–H and O–H groups in total. The maximum Gasteiger partial charge on any atom is 0.335 e. The Morgan fingerprint density at radius 2 is 2.00 bits per heavy atom. The van der Waals surface area contributed by atoms with Crippen LogP contribution in [0.15, 0.2) is 30.3 Å². The van der Waals surface area contributed by atoms with Crippen molar-refractivity contribution in [3.8, 4) is 0 Å². The summed E-state index contributed by atoms with van der Waals surface area (Å²) in [5, 5.41) is 8.63. The highest BCUT2D eigenvalue weighted by Gasteiger charge is 1.99. The zero-order valence-corrected chi connectivity index (χ0v) is 9.06. The van der Waals surface area contributed by atoms with Crippen LogP contribution in [0, 0.1) is 0 Å². The number of halogens is 1. The van der Waals surface area contributed by atoms with Gasteiger partial charge < -0.3 is 5.11 Å². The zero-order chi connectivity index (χ0) is 9.68. The molecule has 0 bridgehead atoms. The summed E-state index contributed by atoms with van der Waals surface area (Å²) in [4.78, 5) is 10.5. The van der Waals surface area contributed by atoms with Crippen LogP contribution in [0.3, 0.4) is 0 Å². The molecule has 3 heteroatoms. The molecule has 0 saturated carbocycles. The molecule has 2 nitrogen and oxygen atoms in total. The number of hydrogen-bond donors (Lipinski definition) is 1. The minimum Gasteiger partial charge on any atom is -0.478 e. The van der Waals surface area contributed by atoms with Crippen LogP contribution >= 0.6 is 22.6 Å². The first kappa shape index (κ1) is 10.2. The predicted octanol–water partition coefficient (Wildman–Crippen LogP) is 2.83. The number of carbonyl (C=O) groups is 1. The Labute approximate surface area is 90.4 Å². The molecule has 1 aromatic rings. The van der Waals surface area contributed by atoms with Crippen molar-refractivity contribution in [3.05, 3.63) is 41.5 Å². The van der Waals surface area contributed by atoms with Crippen LogP contribution in [-0.2, 0) is 0 Å². The molecule has 0 unspecified atom stereocenters. The molecule has 1 rings (SSSR count). The Balaban J connectivity index is 2.81. The molecule has 0 aromatic heterocycles. The molecule has 68 valence electrons. The molecule has 0 fully saturated rings. The Morgan fingerprint density at radius 3 is 2.46 bits per heavy atom. The second kappa shape index (κ2) is 5.01. The zero-order valence-electron chi connectivity index (χ0n) is 6.90. The van der Waals surface area contributed by atoms with Crippen molar-refractivity contribution in [3.63, 3.8) is 0 Å². The third kappa shape index (κ3) is 3.18. The van der Waals surface area contributed by atoms with Gasteiger partial charge in [0.1, 0.15) is 0 Å². The molecular weight excluding hydrogens is 279 g/mol. The average Bonchev–Trinajstić information content (AvgIpc) is 2.15. The lowest BCUT2D eigenvalue weighted by molar-refractivity contribution is 0.0697. The lowest BCUT2D eigenvalue weighted by atomic mass is 10.1. The van der Waals surface area contributed by atoms with Gasteiger partial charge in [-0.25, -0.2) is 4.79 Å². The topological polar surface area (TPSA) is 37.3 Å². The first-order valence-electron chi connectivity index (χ1n) is 3.80. The quantitative estimate of drug-likeness (QED) is 0.686. The van der Waals surface area contributed by atoms with E-state index in [1.54, 1.807) is 24.3 Å². The Bertz CT molecular complexity index is 314. The summed E-state index contributed by atoms with van der Waals surface area (Å²) in [7, 11) is 0. The van der Waals surface area contributed by atoms with Crippen molar-refractivity contribution < 1.29 is 9.90 Å². The van der Waals surface area contributed by atoms with Crippen LogP contribution in [0.1, 0.15) is 15.9 Å². The van der Waals surface area contributed by atoms with E-state index in [4.69, 9.17) is 5.11 Å². The van der Waals surface area contributed by atoms with E-state index in [1.165, 1.54) is 0 Å². The number of hydrogen-bond acceptors (Lipinski definition) is 1. The summed E-state index contributed by atoms with van der Waals surface area (Å²) >= 11 is 2.25. The van der Waals surface area contributed by atoms with Gasteiger partial charge in [0.15, 0.2) is 0 Å². The first-order valence-corrected chi connectivity index (χ1v) is 5.32. The van der Waals surface area contributed by atoms with E-state index in [2.05, 4.69) is 22.6 Å². The van der Waals surface area contributed by atoms with E-state index in [-0.39, 0.29) is 0 Å². The maximum absolute atomic E-state index is 10.5. The highest BCUT2D eigenvalue weighted by atomic mass is 127. The van der Waals surface area contributed by atoms with E-state index in [9.17, 15) is 4.79 Å². The summed E-state index contributed by atoms with van der Waals surface area (Å²) < 4.78 is 0.957. The highest BCUT2D eigenvalue weighted by Crippen LogP contribution is 2.06. The molecule has 0 radical (unpaired) electrons. The van der Waals surface area contributed by atoms with Gasteiger partial charge >= 0.3 is 5.97 Å². The number of carboxylic acids is 1. The minimum atomic E-state index is -0.885. The molecule has 0 aliphatic heterocycles. The molecule has 0 atom stereocenters. The summed E-state index contributed by atoms with van der Waals surface area (Å²) in [6.07, 6.45) is 3.99. The smallest absolute Gasteiger partial charge is 0.335 e. The molecule has 0 aliphatic rings. The average molecular weight is 288 g/mol. The third-order valence-electron chi connectivity index (χ3n) is 1.56. The summed E-state index contributed by atoms with van der Waals surface area (Å²) in [6, 6.07) is 6.81. The fourth-order valence-corrected chi connectivity index (χ4v) is 1.17. The monoisotopic (exact) mass is 288 g/mol. The maximum atomic E-state index is 10.5. The van der Waals surface area contributed by atoms with E-state index in [0.29, 0.717) is 5.56 Å². The molecule has 0 amide bonds. The van der Waals surface area contributed by atoms with Gasteiger partial charge in [0.25, 0.3) is 0 Å². The predicted molar refractivity (Wildman–Crippen MR) is 61.3 cm³/mol. The molecule has 1 aromatic carbocycles. The largest absolute Gasteiger partial charge is 0.478 e. The van der Waals surface area contributed by atoms with E-state index < -0.39 is 5.97 Å². The van der Waals surface area contributed by atoms with Crippen LogP contribution in [0.2, 0.25) is 0 Å². The SMILES string of the molecule is O=C(O)c1ccc(/C=C/CI)cc1. The number of alkyl halides is 1. The van der Waals surface area contributed by atoms with Gasteiger partial charge in [-0.1, -0.05) is 46.9 Å². The number of rotatable bonds is 3. The molecule has 0 aliphatic carbocycles. The van der Waals surface area contributed by atoms with Crippen LogP contribution in [0.5, 0.6) is 0 Å². The van der Waals surface area contributed by atoms with Crippen molar-refractivity contribution >= 4 is 34.6 Å². The van der Waals surface area contributed by atoms with E-state index >= 15 is 0 Å². The summed E-state index contributed by atoms with van der Waals surface area (Å²) in [5.41, 5.74) is 1.35. The molecule has 13 heavy (non-hydrogen) atoms. The second-order valence-electron chi connectivity index (χ2n) is 2.48. The number of allylic oxidation sites excluding steroid dienone is 1. The fraction of sp³-hybridized carbons (Fsp3) is 0.100.